The van der Waals surface area contributed by atoms with E-state index in [9.17, 15) is 0 Å². The van der Waals surface area contributed by atoms with Crippen molar-refractivity contribution in [2.75, 3.05) is 7.11 Å². The summed E-state index contributed by atoms with van der Waals surface area (Å²) in [5, 5.41) is 0. The van der Waals surface area contributed by atoms with Crippen molar-refractivity contribution in [1.29, 1.82) is 0 Å². The Balaban J connectivity index is 2.09. The quantitative estimate of drug-likeness (QED) is 0.898. The first-order valence-electron chi connectivity index (χ1n) is 7.00. The topological polar surface area (TPSA) is 48.1 Å². The number of rotatable bonds is 5. The number of ether oxygens (including phenoxy) is 1. The first-order valence-corrected chi connectivity index (χ1v) is 7.79. The Morgan fingerprint density at radius 2 is 1.86 bits per heavy atom. The van der Waals surface area contributed by atoms with Crippen LogP contribution in [0.15, 0.2) is 34.9 Å². The molecule has 4 heteroatoms. The molecular formula is C17H21BrN2O. The number of nitrogens with zero attached hydrogens (tertiary/aromatic N) is 1. The molecule has 0 saturated carbocycles. The monoisotopic (exact) mass is 348 g/mol. The van der Waals surface area contributed by atoms with E-state index in [-0.39, 0.29) is 6.04 Å². The summed E-state index contributed by atoms with van der Waals surface area (Å²) in [6, 6.07) is 8.32. The highest BCUT2D eigenvalue weighted by Gasteiger charge is 2.13. The fraction of sp³-hybridized carbons (Fsp3) is 0.353. The number of methoxy groups -OCH3 is 1. The van der Waals surface area contributed by atoms with Crippen LogP contribution in [-0.4, -0.2) is 18.1 Å². The van der Waals surface area contributed by atoms with Crippen LogP contribution in [0.1, 0.15) is 22.4 Å². The average molecular weight is 349 g/mol. The van der Waals surface area contributed by atoms with E-state index >= 15 is 0 Å². The zero-order chi connectivity index (χ0) is 15.4. The van der Waals surface area contributed by atoms with Crippen LogP contribution in [-0.2, 0) is 12.8 Å². The smallest absolute Gasteiger partial charge is 0.128 e. The third-order valence-corrected chi connectivity index (χ3v) is 4.15. The number of benzene rings is 1. The number of pyridine rings is 1. The molecule has 0 bridgehead atoms. The van der Waals surface area contributed by atoms with Crippen LogP contribution in [0.2, 0.25) is 0 Å². The molecule has 0 saturated heterocycles. The lowest BCUT2D eigenvalue weighted by Crippen LogP contribution is -2.26. The lowest BCUT2D eigenvalue weighted by molar-refractivity contribution is 0.406. The van der Waals surface area contributed by atoms with Crippen molar-refractivity contribution < 1.29 is 4.74 Å². The predicted octanol–water partition coefficient (Wildman–Crippen LogP) is 3.58. The Bertz CT molecular complexity index is 611. The highest BCUT2D eigenvalue weighted by Crippen LogP contribution is 2.24. The van der Waals surface area contributed by atoms with Gasteiger partial charge >= 0.3 is 0 Å². The summed E-state index contributed by atoms with van der Waals surface area (Å²) in [5.41, 5.74) is 10.7. The fourth-order valence-electron chi connectivity index (χ4n) is 2.52. The number of nitrogens with two attached hydrogens (primary N) is 1. The third-order valence-electron chi connectivity index (χ3n) is 3.62. The largest absolute Gasteiger partial charge is 0.496 e. The van der Waals surface area contributed by atoms with Crippen molar-refractivity contribution in [3.05, 3.63) is 57.3 Å². The van der Waals surface area contributed by atoms with E-state index in [1.165, 1.54) is 5.56 Å². The van der Waals surface area contributed by atoms with E-state index in [2.05, 4.69) is 33.0 Å². The van der Waals surface area contributed by atoms with Gasteiger partial charge in [0.2, 0.25) is 0 Å². The molecule has 1 aromatic heterocycles. The van der Waals surface area contributed by atoms with Gasteiger partial charge in [0.05, 0.1) is 7.11 Å². The maximum Gasteiger partial charge on any atom is 0.128 e. The first-order chi connectivity index (χ1) is 10.0. The molecule has 3 nitrogen and oxygen atoms in total. The standard InChI is InChI=1S/C17H21BrN2O/c1-11-10-20-16(12(2)17(11)21-3)9-15(19)8-13-4-6-14(18)7-5-13/h4-7,10,15H,8-9,19H2,1-3H3. The summed E-state index contributed by atoms with van der Waals surface area (Å²) in [6.45, 7) is 4.05. The van der Waals surface area contributed by atoms with Gasteiger partial charge in [-0.15, -0.1) is 0 Å². The fourth-order valence-corrected chi connectivity index (χ4v) is 2.78. The van der Waals surface area contributed by atoms with Crippen LogP contribution in [0.25, 0.3) is 0 Å². The lowest BCUT2D eigenvalue weighted by Gasteiger charge is -2.16. The molecule has 0 amide bonds. The minimum absolute atomic E-state index is 0.0461. The van der Waals surface area contributed by atoms with Crippen LogP contribution >= 0.6 is 15.9 Å². The summed E-state index contributed by atoms with van der Waals surface area (Å²) in [7, 11) is 1.70. The van der Waals surface area contributed by atoms with Crippen molar-refractivity contribution in [2.24, 2.45) is 5.73 Å². The first kappa shape index (κ1) is 16.0. The molecule has 1 heterocycles. The molecule has 1 aromatic carbocycles. The Kier molecular flexibility index (Phi) is 5.37. The maximum atomic E-state index is 6.28. The van der Waals surface area contributed by atoms with Gasteiger partial charge in [-0.25, -0.2) is 0 Å². The number of hydrogen-bond donors (Lipinski definition) is 1. The van der Waals surface area contributed by atoms with E-state index in [0.717, 1.165) is 39.9 Å². The van der Waals surface area contributed by atoms with Gasteiger partial charge < -0.3 is 10.5 Å². The van der Waals surface area contributed by atoms with E-state index in [0.29, 0.717) is 0 Å². The van der Waals surface area contributed by atoms with Crippen LogP contribution in [0.5, 0.6) is 5.75 Å². The Labute approximate surface area is 134 Å². The maximum absolute atomic E-state index is 6.28. The number of aryl methyl sites for hydroxylation is 1. The lowest BCUT2D eigenvalue weighted by atomic mass is 9.99. The highest BCUT2D eigenvalue weighted by molar-refractivity contribution is 9.10. The van der Waals surface area contributed by atoms with Crippen LogP contribution in [0.3, 0.4) is 0 Å². The molecule has 0 aliphatic heterocycles. The second-order valence-electron chi connectivity index (χ2n) is 5.34. The van der Waals surface area contributed by atoms with Crippen molar-refractivity contribution in [3.8, 4) is 5.75 Å². The van der Waals surface area contributed by atoms with Gasteiger partial charge in [-0.2, -0.15) is 0 Å². The van der Waals surface area contributed by atoms with E-state index in [1.807, 2.05) is 32.2 Å². The highest BCUT2D eigenvalue weighted by atomic mass is 79.9. The summed E-state index contributed by atoms with van der Waals surface area (Å²) in [5.74, 6) is 0.913. The number of aromatic nitrogens is 1. The van der Waals surface area contributed by atoms with Crippen molar-refractivity contribution in [1.82, 2.24) is 4.98 Å². The van der Waals surface area contributed by atoms with Gasteiger partial charge in [-0.05, 0) is 38.0 Å². The molecule has 2 aromatic rings. The predicted molar refractivity (Wildman–Crippen MR) is 89.8 cm³/mol. The van der Waals surface area contributed by atoms with Gasteiger partial charge in [-0.1, -0.05) is 28.1 Å². The molecule has 0 fully saturated rings. The van der Waals surface area contributed by atoms with Crippen molar-refractivity contribution >= 4 is 15.9 Å². The molecule has 0 aliphatic carbocycles. The van der Waals surface area contributed by atoms with Gasteiger partial charge in [0.15, 0.2) is 0 Å². The molecule has 1 atom stereocenters. The summed E-state index contributed by atoms with van der Waals surface area (Å²) in [4.78, 5) is 4.51. The Hall–Kier alpha value is -1.39. The van der Waals surface area contributed by atoms with Crippen LogP contribution < -0.4 is 10.5 Å². The Morgan fingerprint density at radius 3 is 2.48 bits per heavy atom. The molecule has 1 unspecified atom stereocenters. The van der Waals surface area contributed by atoms with Gasteiger partial charge in [0.25, 0.3) is 0 Å². The SMILES string of the molecule is COc1c(C)cnc(CC(N)Cc2ccc(Br)cc2)c1C. The normalized spacial score (nSPS) is 12.2. The summed E-state index contributed by atoms with van der Waals surface area (Å²) in [6.07, 6.45) is 3.44. The zero-order valence-electron chi connectivity index (χ0n) is 12.7. The molecular weight excluding hydrogens is 328 g/mol. The zero-order valence-corrected chi connectivity index (χ0v) is 14.3. The number of halogens is 1. The average Bonchev–Trinajstić information content (AvgIpc) is 2.45. The van der Waals surface area contributed by atoms with Crippen LogP contribution in [0.4, 0.5) is 0 Å². The summed E-state index contributed by atoms with van der Waals surface area (Å²) < 4.78 is 6.53. The molecule has 2 N–H and O–H groups in total. The molecule has 0 aliphatic rings. The molecule has 0 spiro atoms. The van der Waals surface area contributed by atoms with Gasteiger partial charge in [-0.3, -0.25) is 4.98 Å². The summed E-state index contributed by atoms with van der Waals surface area (Å²) >= 11 is 3.44. The van der Waals surface area contributed by atoms with E-state index < -0.39 is 0 Å². The molecule has 0 radical (unpaired) electrons. The van der Waals surface area contributed by atoms with Gasteiger partial charge in [0.1, 0.15) is 5.75 Å². The molecule has 21 heavy (non-hydrogen) atoms. The van der Waals surface area contributed by atoms with E-state index in [1.54, 1.807) is 7.11 Å². The van der Waals surface area contributed by atoms with Crippen molar-refractivity contribution in [2.45, 2.75) is 32.7 Å². The molecule has 112 valence electrons. The second kappa shape index (κ2) is 7.05. The number of hydrogen-bond acceptors (Lipinski definition) is 3. The minimum atomic E-state index is 0.0461. The second-order valence-corrected chi connectivity index (χ2v) is 6.26. The van der Waals surface area contributed by atoms with E-state index in [4.69, 9.17) is 10.5 Å². The third kappa shape index (κ3) is 4.05. The minimum Gasteiger partial charge on any atom is -0.496 e. The Morgan fingerprint density at radius 1 is 1.19 bits per heavy atom. The van der Waals surface area contributed by atoms with Gasteiger partial charge in [0, 0.05) is 40.0 Å². The van der Waals surface area contributed by atoms with Crippen LogP contribution in [0, 0.1) is 13.8 Å². The van der Waals surface area contributed by atoms with Crippen molar-refractivity contribution in [3.63, 3.8) is 0 Å². The molecule has 2 rings (SSSR count).